The number of benzene rings is 4. The Kier molecular flexibility index (Phi) is 9.85. The summed E-state index contributed by atoms with van der Waals surface area (Å²) >= 11 is 13.0. The van der Waals surface area contributed by atoms with E-state index >= 15 is 0 Å². The van der Waals surface area contributed by atoms with Crippen LogP contribution in [-0.4, -0.2) is 35.9 Å². The number of hydrogen-bond acceptors (Lipinski definition) is 3. The first kappa shape index (κ1) is 28.5. The van der Waals surface area contributed by atoms with E-state index in [9.17, 15) is 9.59 Å². The van der Waals surface area contributed by atoms with Gasteiger partial charge in [-0.05, 0) is 35.1 Å². The molecule has 0 radical (unpaired) electrons. The zero-order chi connectivity index (χ0) is 27.8. The first-order valence-electron chi connectivity index (χ1n) is 13.0. The summed E-state index contributed by atoms with van der Waals surface area (Å²) in [7, 11) is 0. The Labute approximate surface area is 239 Å². The lowest BCUT2D eigenvalue weighted by molar-refractivity contribution is -0.142. The highest BCUT2D eigenvalue weighted by Crippen LogP contribution is 2.28. The molecule has 0 saturated heterocycles. The lowest BCUT2D eigenvalue weighted by Gasteiger charge is -2.32. The maximum atomic E-state index is 13.9. The highest BCUT2D eigenvalue weighted by Gasteiger charge is 2.31. The molecule has 0 aromatic heterocycles. The summed E-state index contributed by atoms with van der Waals surface area (Å²) in [4.78, 5) is 29.0. The van der Waals surface area contributed by atoms with Gasteiger partial charge >= 0.3 is 0 Å². The quantitative estimate of drug-likeness (QED) is 0.215. The molecule has 7 heteroatoms. The molecule has 39 heavy (non-hydrogen) atoms. The first-order chi connectivity index (χ1) is 18.8. The monoisotopic (exact) mass is 562 g/mol. The van der Waals surface area contributed by atoms with Gasteiger partial charge in [-0.15, -0.1) is 0 Å². The fourth-order valence-corrected chi connectivity index (χ4v) is 4.89. The summed E-state index contributed by atoms with van der Waals surface area (Å²) in [5, 5.41) is 5.78. The summed E-state index contributed by atoms with van der Waals surface area (Å²) < 4.78 is 6.05. The maximum absolute atomic E-state index is 13.9. The Balaban J connectivity index is 1.67. The average molecular weight is 564 g/mol. The van der Waals surface area contributed by atoms with Gasteiger partial charge in [0.2, 0.25) is 5.91 Å². The summed E-state index contributed by atoms with van der Waals surface area (Å²) in [6.07, 6.45) is 0.326. The van der Waals surface area contributed by atoms with Crippen molar-refractivity contribution in [3.63, 3.8) is 0 Å². The zero-order valence-electron chi connectivity index (χ0n) is 22.1. The lowest BCUT2D eigenvalue weighted by Crippen LogP contribution is -2.52. The standard InChI is InChI=1S/C32H32Cl2N2O3/c1-22(2)19-35-32(38)29(18-23-10-4-3-5-11-23)36(20-26-27(33)15-9-16-28(26)34)31(37)21-39-30-17-8-13-24-12-6-7-14-25(24)30/h3-17,22,29H,18-21H2,1-2H3,(H,35,38)/t29-/m0/s1. The molecule has 0 saturated carbocycles. The van der Waals surface area contributed by atoms with E-state index in [-0.39, 0.29) is 30.9 Å². The Morgan fingerprint density at radius 3 is 2.21 bits per heavy atom. The molecule has 2 amide bonds. The Bertz CT molecular complexity index is 1400. The number of nitrogens with zero attached hydrogens (tertiary/aromatic N) is 1. The third-order valence-corrected chi connectivity index (χ3v) is 7.15. The molecule has 4 rings (SSSR count). The highest BCUT2D eigenvalue weighted by atomic mass is 35.5. The molecule has 1 atom stereocenters. The number of ether oxygens (including phenoxy) is 1. The first-order valence-corrected chi connectivity index (χ1v) is 13.7. The topological polar surface area (TPSA) is 58.6 Å². The molecular weight excluding hydrogens is 531 g/mol. The van der Waals surface area contributed by atoms with E-state index in [1.807, 2.05) is 86.6 Å². The third-order valence-electron chi connectivity index (χ3n) is 6.45. The van der Waals surface area contributed by atoms with Crippen LogP contribution in [0.15, 0.2) is 91.0 Å². The summed E-state index contributed by atoms with van der Waals surface area (Å²) in [6.45, 7) is 4.35. The van der Waals surface area contributed by atoms with Gasteiger partial charge in [0.25, 0.3) is 5.91 Å². The van der Waals surface area contributed by atoms with Gasteiger partial charge in [-0.25, -0.2) is 0 Å². The van der Waals surface area contributed by atoms with Crippen molar-refractivity contribution in [3.8, 4) is 5.75 Å². The molecule has 0 spiro atoms. The van der Waals surface area contributed by atoms with Crippen LogP contribution < -0.4 is 10.1 Å². The number of nitrogens with one attached hydrogen (secondary N) is 1. The van der Waals surface area contributed by atoms with Gasteiger partial charge in [-0.2, -0.15) is 0 Å². The van der Waals surface area contributed by atoms with Crippen molar-refractivity contribution in [2.75, 3.05) is 13.2 Å². The Morgan fingerprint density at radius 2 is 1.49 bits per heavy atom. The molecule has 0 aliphatic carbocycles. The van der Waals surface area contributed by atoms with Gasteiger partial charge in [0.05, 0.1) is 0 Å². The van der Waals surface area contributed by atoms with Crippen molar-refractivity contribution in [2.45, 2.75) is 32.9 Å². The fraction of sp³-hybridized carbons (Fsp3) is 0.250. The largest absolute Gasteiger partial charge is 0.483 e. The van der Waals surface area contributed by atoms with E-state index in [4.69, 9.17) is 27.9 Å². The minimum atomic E-state index is -0.804. The van der Waals surface area contributed by atoms with Crippen LogP contribution in [-0.2, 0) is 22.6 Å². The van der Waals surface area contributed by atoms with Crippen molar-refractivity contribution in [2.24, 2.45) is 5.92 Å². The summed E-state index contributed by atoms with van der Waals surface area (Å²) in [5.74, 6) is 0.262. The van der Waals surface area contributed by atoms with Gasteiger partial charge in [-0.1, -0.05) is 110 Å². The normalized spacial score (nSPS) is 11.8. The third kappa shape index (κ3) is 7.53. The van der Waals surface area contributed by atoms with Crippen LogP contribution in [0.4, 0.5) is 0 Å². The fourth-order valence-electron chi connectivity index (χ4n) is 4.37. The second-order valence-electron chi connectivity index (χ2n) is 9.83. The SMILES string of the molecule is CC(C)CNC(=O)[C@H](Cc1ccccc1)N(Cc1c(Cl)cccc1Cl)C(=O)COc1cccc2ccccc12. The Morgan fingerprint density at radius 1 is 0.846 bits per heavy atom. The van der Waals surface area contributed by atoms with Crippen molar-refractivity contribution in [3.05, 3.63) is 112 Å². The molecule has 0 aliphatic heterocycles. The number of rotatable bonds is 11. The molecule has 0 unspecified atom stereocenters. The van der Waals surface area contributed by atoms with E-state index in [1.165, 1.54) is 4.90 Å². The molecule has 1 N–H and O–H groups in total. The summed E-state index contributed by atoms with van der Waals surface area (Å²) in [6, 6.07) is 27.6. The van der Waals surface area contributed by atoms with E-state index in [2.05, 4.69) is 5.32 Å². The molecule has 0 aliphatic rings. The molecule has 202 valence electrons. The number of carbonyl (C=O) groups excluding carboxylic acids is 2. The van der Waals surface area contributed by atoms with Gasteiger partial charge < -0.3 is 15.0 Å². The number of amides is 2. The predicted octanol–water partition coefficient (Wildman–Crippen LogP) is 6.94. The van der Waals surface area contributed by atoms with Crippen LogP contribution in [0.2, 0.25) is 10.0 Å². The minimum absolute atomic E-state index is 0.0584. The Hall–Kier alpha value is -3.54. The lowest BCUT2D eigenvalue weighted by atomic mass is 10.0. The molecule has 0 heterocycles. The molecule has 4 aromatic carbocycles. The van der Waals surface area contributed by atoms with Crippen molar-refractivity contribution in [1.29, 1.82) is 0 Å². The van der Waals surface area contributed by atoms with Crippen LogP contribution in [0, 0.1) is 5.92 Å². The van der Waals surface area contributed by atoms with Crippen molar-refractivity contribution >= 4 is 45.8 Å². The maximum Gasteiger partial charge on any atom is 0.261 e. The van der Waals surface area contributed by atoms with E-state index in [0.717, 1.165) is 16.3 Å². The second-order valence-corrected chi connectivity index (χ2v) is 10.6. The van der Waals surface area contributed by atoms with Crippen molar-refractivity contribution in [1.82, 2.24) is 10.2 Å². The minimum Gasteiger partial charge on any atom is -0.483 e. The average Bonchev–Trinajstić information content (AvgIpc) is 2.94. The van der Waals surface area contributed by atoms with Gasteiger partial charge in [0.1, 0.15) is 11.8 Å². The van der Waals surface area contributed by atoms with E-state index in [0.29, 0.717) is 34.3 Å². The molecule has 5 nitrogen and oxygen atoms in total. The molecular formula is C32H32Cl2N2O3. The van der Waals surface area contributed by atoms with Crippen LogP contribution in [0.1, 0.15) is 25.0 Å². The predicted molar refractivity (Wildman–Crippen MR) is 158 cm³/mol. The number of halogens is 2. The van der Waals surface area contributed by atoms with Gasteiger partial charge in [0, 0.05) is 40.5 Å². The van der Waals surface area contributed by atoms with Crippen LogP contribution >= 0.6 is 23.2 Å². The van der Waals surface area contributed by atoms with Crippen LogP contribution in [0.5, 0.6) is 5.75 Å². The van der Waals surface area contributed by atoms with Crippen molar-refractivity contribution < 1.29 is 14.3 Å². The van der Waals surface area contributed by atoms with Gasteiger partial charge in [0.15, 0.2) is 6.61 Å². The molecule has 4 aromatic rings. The summed E-state index contributed by atoms with van der Waals surface area (Å²) in [5.41, 5.74) is 1.51. The van der Waals surface area contributed by atoms with Crippen LogP contribution in [0.3, 0.4) is 0 Å². The van der Waals surface area contributed by atoms with E-state index in [1.54, 1.807) is 18.2 Å². The smallest absolute Gasteiger partial charge is 0.261 e. The molecule has 0 bridgehead atoms. The molecule has 0 fully saturated rings. The number of hydrogen-bond donors (Lipinski definition) is 1. The zero-order valence-corrected chi connectivity index (χ0v) is 23.6. The van der Waals surface area contributed by atoms with Gasteiger partial charge in [-0.3, -0.25) is 9.59 Å². The van der Waals surface area contributed by atoms with Crippen LogP contribution in [0.25, 0.3) is 10.8 Å². The van der Waals surface area contributed by atoms with E-state index < -0.39 is 6.04 Å². The second kappa shape index (κ2) is 13.5. The number of fused-ring (bicyclic) bond motifs is 1. The highest BCUT2D eigenvalue weighted by molar-refractivity contribution is 6.36. The number of carbonyl (C=O) groups is 2.